The lowest BCUT2D eigenvalue weighted by Crippen LogP contribution is -2.30. The topological polar surface area (TPSA) is 30.5 Å². The molecule has 0 bridgehead atoms. The van der Waals surface area contributed by atoms with Gasteiger partial charge in [0.2, 0.25) is 0 Å². The Morgan fingerprint density at radius 2 is 2.00 bits per heavy atom. The molecule has 0 saturated heterocycles. The molecule has 1 rings (SSSR count). The molecule has 0 fully saturated rings. The number of nitrogens with one attached hydrogen (secondary N) is 1. The smallest absolute Gasteiger partial charge is 0.119 e. The molecule has 0 radical (unpaired) electrons. The summed E-state index contributed by atoms with van der Waals surface area (Å²) < 4.78 is 11.1. The molecule has 102 valence electrons. The molecule has 0 aliphatic carbocycles. The van der Waals surface area contributed by atoms with Crippen molar-refractivity contribution in [3.8, 4) is 5.75 Å². The Kier molecular flexibility index (Phi) is 5.63. The van der Waals surface area contributed by atoms with Crippen LogP contribution in [0.3, 0.4) is 0 Å². The second kappa shape index (κ2) is 6.76. The molecule has 1 aromatic rings. The predicted molar refractivity (Wildman–Crippen MR) is 75.1 cm³/mol. The van der Waals surface area contributed by atoms with Crippen molar-refractivity contribution in [1.82, 2.24) is 5.32 Å². The van der Waals surface area contributed by atoms with Crippen LogP contribution in [0.4, 0.5) is 0 Å². The molecular weight excluding hydrogens is 226 g/mol. The molecule has 1 N–H and O–H groups in total. The third-order valence-corrected chi connectivity index (χ3v) is 2.63. The Morgan fingerprint density at radius 1 is 1.28 bits per heavy atom. The molecular formula is C15H25NO2. The summed E-state index contributed by atoms with van der Waals surface area (Å²) in [7, 11) is 1.69. The van der Waals surface area contributed by atoms with Crippen molar-refractivity contribution in [1.29, 1.82) is 0 Å². The average molecular weight is 251 g/mol. The fourth-order valence-corrected chi connectivity index (χ4v) is 1.71. The van der Waals surface area contributed by atoms with Gasteiger partial charge in [-0.25, -0.2) is 0 Å². The summed E-state index contributed by atoms with van der Waals surface area (Å²) in [6.07, 6.45) is 0. The number of methoxy groups -OCH3 is 1. The van der Waals surface area contributed by atoms with Gasteiger partial charge in [-0.1, -0.05) is 19.1 Å². The van der Waals surface area contributed by atoms with E-state index in [1.54, 1.807) is 7.11 Å². The second-order valence-electron chi connectivity index (χ2n) is 5.31. The first-order chi connectivity index (χ1) is 8.46. The average Bonchev–Trinajstić information content (AvgIpc) is 2.33. The third-order valence-electron chi connectivity index (χ3n) is 2.63. The van der Waals surface area contributed by atoms with E-state index in [0.29, 0.717) is 6.61 Å². The zero-order valence-electron chi connectivity index (χ0n) is 12.1. The van der Waals surface area contributed by atoms with Crippen molar-refractivity contribution in [3.05, 3.63) is 29.8 Å². The van der Waals surface area contributed by atoms with E-state index >= 15 is 0 Å². The summed E-state index contributed by atoms with van der Waals surface area (Å²) in [5, 5.41) is 3.44. The molecule has 0 saturated carbocycles. The third kappa shape index (κ3) is 5.07. The Balaban J connectivity index is 2.76. The maximum Gasteiger partial charge on any atom is 0.119 e. The van der Waals surface area contributed by atoms with E-state index in [1.807, 2.05) is 12.1 Å². The van der Waals surface area contributed by atoms with Gasteiger partial charge in [0.1, 0.15) is 5.75 Å². The second-order valence-corrected chi connectivity index (χ2v) is 5.31. The number of hydrogen-bond donors (Lipinski definition) is 1. The quantitative estimate of drug-likeness (QED) is 0.842. The number of rotatable bonds is 6. The van der Waals surface area contributed by atoms with Crippen LogP contribution in [0.1, 0.15) is 39.3 Å². The lowest BCUT2D eigenvalue weighted by atomic mass is 10.1. The Labute approximate surface area is 110 Å². The first kappa shape index (κ1) is 15.0. The van der Waals surface area contributed by atoms with Gasteiger partial charge in [0, 0.05) is 0 Å². The normalized spacial score (nSPS) is 13.4. The van der Waals surface area contributed by atoms with Gasteiger partial charge in [-0.15, -0.1) is 0 Å². The summed E-state index contributed by atoms with van der Waals surface area (Å²) in [4.78, 5) is 0. The first-order valence-electron chi connectivity index (χ1n) is 6.47. The summed E-state index contributed by atoms with van der Waals surface area (Å²) >= 11 is 0. The van der Waals surface area contributed by atoms with Gasteiger partial charge >= 0.3 is 0 Å². The van der Waals surface area contributed by atoms with Gasteiger partial charge in [0.05, 0.1) is 25.4 Å². The number of ether oxygens (including phenoxy) is 2. The van der Waals surface area contributed by atoms with E-state index in [4.69, 9.17) is 9.47 Å². The van der Waals surface area contributed by atoms with E-state index in [2.05, 4.69) is 45.1 Å². The predicted octanol–water partition coefficient (Wildman–Crippen LogP) is 3.16. The van der Waals surface area contributed by atoms with Crippen molar-refractivity contribution >= 4 is 0 Å². The summed E-state index contributed by atoms with van der Waals surface area (Å²) in [6, 6.07) is 8.32. The van der Waals surface area contributed by atoms with Crippen LogP contribution in [0.2, 0.25) is 0 Å². The highest BCUT2D eigenvalue weighted by Crippen LogP contribution is 2.21. The molecule has 1 unspecified atom stereocenters. The van der Waals surface area contributed by atoms with E-state index < -0.39 is 0 Å². The molecule has 3 nitrogen and oxygen atoms in total. The lowest BCUT2D eigenvalue weighted by Gasteiger charge is -2.25. The van der Waals surface area contributed by atoms with Gasteiger partial charge in [0.15, 0.2) is 0 Å². The molecule has 0 aliphatic heterocycles. The monoisotopic (exact) mass is 251 g/mol. The SMILES string of the molecule is CCNC(COC(C)(C)C)c1cccc(OC)c1. The number of likely N-dealkylation sites (N-methyl/N-ethyl adjacent to an activating group) is 1. The molecule has 0 spiro atoms. The lowest BCUT2D eigenvalue weighted by molar-refractivity contribution is -0.0146. The Hall–Kier alpha value is -1.06. The molecule has 0 heterocycles. The highest BCUT2D eigenvalue weighted by atomic mass is 16.5. The van der Waals surface area contributed by atoms with Gasteiger partial charge in [-0.3, -0.25) is 0 Å². The first-order valence-corrected chi connectivity index (χ1v) is 6.47. The van der Waals surface area contributed by atoms with Crippen LogP contribution in [0, 0.1) is 0 Å². The van der Waals surface area contributed by atoms with Crippen LogP contribution < -0.4 is 10.1 Å². The summed E-state index contributed by atoms with van der Waals surface area (Å²) in [5.74, 6) is 0.881. The summed E-state index contributed by atoms with van der Waals surface area (Å²) in [6.45, 7) is 9.88. The van der Waals surface area contributed by atoms with E-state index in [1.165, 1.54) is 5.56 Å². The molecule has 3 heteroatoms. The molecule has 1 aromatic carbocycles. The van der Waals surface area contributed by atoms with Gasteiger partial charge in [0.25, 0.3) is 0 Å². The standard InChI is InChI=1S/C15H25NO2/c1-6-16-14(11-18-15(2,3)4)12-8-7-9-13(10-12)17-5/h7-10,14,16H,6,11H2,1-5H3. The van der Waals surface area contributed by atoms with Crippen LogP contribution in [-0.2, 0) is 4.74 Å². The van der Waals surface area contributed by atoms with Crippen LogP contribution in [0.25, 0.3) is 0 Å². The van der Waals surface area contributed by atoms with Crippen LogP contribution >= 0.6 is 0 Å². The van der Waals surface area contributed by atoms with Crippen LogP contribution in [0.5, 0.6) is 5.75 Å². The van der Waals surface area contributed by atoms with E-state index in [9.17, 15) is 0 Å². The zero-order chi connectivity index (χ0) is 13.6. The van der Waals surface area contributed by atoms with Crippen molar-refractivity contribution in [2.75, 3.05) is 20.3 Å². The van der Waals surface area contributed by atoms with Gasteiger partial charge in [-0.2, -0.15) is 0 Å². The van der Waals surface area contributed by atoms with Crippen molar-refractivity contribution in [3.63, 3.8) is 0 Å². The molecule has 1 atom stereocenters. The van der Waals surface area contributed by atoms with E-state index in [-0.39, 0.29) is 11.6 Å². The number of benzene rings is 1. The molecule has 18 heavy (non-hydrogen) atoms. The molecule has 0 amide bonds. The maximum absolute atomic E-state index is 5.87. The molecule has 0 aromatic heterocycles. The van der Waals surface area contributed by atoms with Crippen LogP contribution in [0.15, 0.2) is 24.3 Å². The highest BCUT2D eigenvalue weighted by Gasteiger charge is 2.16. The minimum atomic E-state index is -0.119. The minimum absolute atomic E-state index is 0.119. The molecule has 0 aliphatic rings. The maximum atomic E-state index is 5.87. The summed E-state index contributed by atoms with van der Waals surface area (Å²) in [5.41, 5.74) is 1.08. The fourth-order valence-electron chi connectivity index (χ4n) is 1.71. The van der Waals surface area contributed by atoms with Crippen molar-refractivity contribution in [2.45, 2.75) is 39.3 Å². The fraction of sp³-hybridized carbons (Fsp3) is 0.600. The Morgan fingerprint density at radius 3 is 2.56 bits per heavy atom. The van der Waals surface area contributed by atoms with Crippen molar-refractivity contribution in [2.24, 2.45) is 0 Å². The number of hydrogen-bond acceptors (Lipinski definition) is 3. The largest absolute Gasteiger partial charge is 0.497 e. The van der Waals surface area contributed by atoms with Gasteiger partial charge < -0.3 is 14.8 Å². The van der Waals surface area contributed by atoms with Crippen molar-refractivity contribution < 1.29 is 9.47 Å². The van der Waals surface area contributed by atoms with Gasteiger partial charge in [-0.05, 0) is 45.0 Å². The minimum Gasteiger partial charge on any atom is -0.497 e. The highest BCUT2D eigenvalue weighted by molar-refractivity contribution is 5.30. The zero-order valence-corrected chi connectivity index (χ0v) is 12.1. The Bertz CT molecular complexity index is 358. The van der Waals surface area contributed by atoms with Crippen LogP contribution in [-0.4, -0.2) is 25.9 Å². The van der Waals surface area contributed by atoms with E-state index in [0.717, 1.165) is 12.3 Å².